The number of anilines is 1. The smallest absolute Gasteiger partial charge is 0.406 e. The molecule has 0 bridgehead atoms. The molecule has 1 aliphatic rings. The average Bonchev–Trinajstić information content (AvgIpc) is 3.09. The summed E-state index contributed by atoms with van der Waals surface area (Å²) in [5, 5.41) is 1.67. The molecule has 3 rings (SSSR count). The van der Waals surface area contributed by atoms with Crippen molar-refractivity contribution in [1.82, 2.24) is 4.98 Å². The lowest BCUT2D eigenvalue weighted by Crippen LogP contribution is -2.42. The van der Waals surface area contributed by atoms with Gasteiger partial charge in [0.15, 0.2) is 5.13 Å². The van der Waals surface area contributed by atoms with Crippen LogP contribution in [0.4, 0.5) is 18.3 Å². The van der Waals surface area contributed by atoms with Crippen LogP contribution in [-0.2, 0) is 4.79 Å². The Morgan fingerprint density at radius 1 is 1.43 bits per heavy atom. The van der Waals surface area contributed by atoms with Crippen LogP contribution in [-0.4, -0.2) is 30.2 Å². The normalized spacial score (nSPS) is 16.8. The Morgan fingerprint density at radius 3 is 2.83 bits per heavy atom. The van der Waals surface area contributed by atoms with E-state index in [4.69, 9.17) is 4.74 Å². The molecule has 0 radical (unpaired) electrons. The van der Waals surface area contributed by atoms with Crippen LogP contribution in [0, 0.1) is 6.92 Å². The van der Waals surface area contributed by atoms with Crippen molar-refractivity contribution in [2.24, 2.45) is 0 Å². The first kappa shape index (κ1) is 15.8. The second kappa shape index (κ2) is 5.84. The molecule has 1 unspecified atom stereocenters. The number of carbonyl (C=O) groups is 1. The lowest BCUT2D eigenvalue weighted by atomic mass is 10.00. The number of halogens is 3. The SMILES string of the molecule is Cc1csc(N(CC(F)(F)F)C(=O)C2COc3ccccc32)n1. The van der Waals surface area contributed by atoms with Crippen LogP contribution in [0.25, 0.3) is 0 Å². The van der Waals surface area contributed by atoms with Gasteiger partial charge in [0, 0.05) is 10.9 Å². The number of amides is 1. The van der Waals surface area contributed by atoms with Gasteiger partial charge in [0.2, 0.25) is 5.91 Å². The van der Waals surface area contributed by atoms with E-state index in [1.165, 1.54) is 0 Å². The molecular weight excluding hydrogens is 329 g/mol. The topological polar surface area (TPSA) is 42.4 Å². The third-order valence-corrected chi connectivity index (χ3v) is 4.42. The second-order valence-electron chi connectivity index (χ2n) is 5.21. The van der Waals surface area contributed by atoms with E-state index in [0.717, 1.165) is 11.3 Å². The predicted octanol–water partition coefficient (Wildman–Crippen LogP) is 3.52. The largest absolute Gasteiger partial charge is 0.492 e. The standard InChI is InChI=1S/C15H13F3N2O2S/c1-9-7-23-14(19-9)20(8-15(16,17)18)13(21)11-6-22-12-5-3-2-4-10(11)12/h2-5,7,11H,6,8H2,1H3. The Morgan fingerprint density at radius 2 is 2.17 bits per heavy atom. The summed E-state index contributed by atoms with van der Waals surface area (Å²) in [6.45, 7) is 0.346. The Kier molecular flexibility index (Phi) is 4.01. The van der Waals surface area contributed by atoms with Crippen molar-refractivity contribution in [2.75, 3.05) is 18.1 Å². The quantitative estimate of drug-likeness (QED) is 0.857. The molecule has 1 amide bonds. The lowest BCUT2D eigenvalue weighted by Gasteiger charge is -2.24. The van der Waals surface area contributed by atoms with Gasteiger partial charge >= 0.3 is 6.18 Å². The van der Waals surface area contributed by atoms with Gasteiger partial charge in [-0.3, -0.25) is 9.69 Å². The van der Waals surface area contributed by atoms with Gasteiger partial charge in [0.1, 0.15) is 24.8 Å². The van der Waals surface area contributed by atoms with Gasteiger partial charge in [-0.1, -0.05) is 18.2 Å². The molecule has 4 nitrogen and oxygen atoms in total. The Hall–Kier alpha value is -2.09. The van der Waals surface area contributed by atoms with E-state index >= 15 is 0 Å². The van der Waals surface area contributed by atoms with Gasteiger partial charge in [-0.2, -0.15) is 13.2 Å². The lowest BCUT2D eigenvalue weighted by molar-refractivity contribution is -0.133. The second-order valence-corrected chi connectivity index (χ2v) is 6.05. The molecular formula is C15H13F3N2O2S. The third-order valence-electron chi connectivity index (χ3n) is 3.44. The molecule has 2 aromatic rings. The fraction of sp³-hybridized carbons (Fsp3) is 0.333. The van der Waals surface area contributed by atoms with Crippen LogP contribution < -0.4 is 9.64 Å². The fourth-order valence-electron chi connectivity index (χ4n) is 2.44. The van der Waals surface area contributed by atoms with Crippen molar-refractivity contribution in [1.29, 1.82) is 0 Å². The highest BCUT2D eigenvalue weighted by Crippen LogP contribution is 2.36. The molecule has 1 aromatic heterocycles. The summed E-state index contributed by atoms with van der Waals surface area (Å²) in [5.74, 6) is -0.868. The van der Waals surface area contributed by atoms with Crippen LogP contribution in [0.5, 0.6) is 5.75 Å². The minimum Gasteiger partial charge on any atom is -0.492 e. The molecule has 23 heavy (non-hydrogen) atoms. The highest BCUT2D eigenvalue weighted by molar-refractivity contribution is 7.14. The number of hydrogen-bond donors (Lipinski definition) is 0. The number of rotatable bonds is 3. The van der Waals surface area contributed by atoms with Gasteiger partial charge < -0.3 is 4.74 Å². The number of aromatic nitrogens is 1. The maximum Gasteiger partial charge on any atom is 0.406 e. The molecule has 0 spiro atoms. The van der Waals surface area contributed by atoms with Crippen molar-refractivity contribution in [3.05, 3.63) is 40.9 Å². The zero-order valence-corrected chi connectivity index (χ0v) is 12.9. The van der Waals surface area contributed by atoms with E-state index in [-0.39, 0.29) is 11.7 Å². The molecule has 0 saturated carbocycles. The van der Waals surface area contributed by atoms with Gasteiger partial charge in [-0.15, -0.1) is 11.3 Å². The minimum atomic E-state index is -4.51. The third kappa shape index (κ3) is 3.31. The molecule has 122 valence electrons. The van der Waals surface area contributed by atoms with Gasteiger partial charge in [-0.05, 0) is 13.0 Å². The van der Waals surface area contributed by atoms with E-state index in [2.05, 4.69) is 4.98 Å². The number of aryl methyl sites for hydroxylation is 1. The average molecular weight is 342 g/mol. The zero-order valence-electron chi connectivity index (χ0n) is 12.1. The first-order chi connectivity index (χ1) is 10.8. The highest BCUT2D eigenvalue weighted by atomic mass is 32.1. The summed E-state index contributed by atoms with van der Waals surface area (Å²) in [5.41, 5.74) is 1.19. The Bertz CT molecular complexity index is 730. The number of ether oxygens (including phenoxy) is 1. The Labute approximate surface area is 134 Å². The molecule has 0 N–H and O–H groups in total. The van der Waals surface area contributed by atoms with Crippen molar-refractivity contribution >= 4 is 22.4 Å². The highest BCUT2D eigenvalue weighted by Gasteiger charge is 2.40. The van der Waals surface area contributed by atoms with Crippen molar-refractivity contribution in [3.8, 4) is 5.75 Å². The molecule has 0 saturated heterocycles. The van der Waals surface area contributed by atoms with E-state index in [0.29, 0.717) is 21.9 Å². The molecule has 1 atom stereocenters. The minimum absolute atomic E-state index is 0.0386. The van der Waals surface area contributed by atoms with Crippen LogP contribution in [0.1, 0.15) is 17.2 Å². The number of thiazole rings is 1. The van der Waals surface area contributed by atoms with Gasteiger partial charge in [0.25, 0.3) is 0 Å². The molecule has 1 aromatic carbocycles. The van der Waals surface area contributed by atoms with Crippen molar-refractivity contribution in [3.63, 3.8) is 0 Å². The van der Waals surface area contributed by atoms with E-state index in [9.17, 15) is 18.0 Å². The summed E-state index contributed by atoms with van der Waals surface area (Å²) in [6.07, 6.45) is -4.51. The molecule has 2 heterocycles. The first-order valence-corrected chi connectivity index (χ1v) is 7.75. The van der Waals surface area contributed by atoms with E-state index < -0.39 is 24.5 Å². The van der Waals surface area contributed by atoms with E-state index in [1.54, 1.807) is 36.6 Å². The molecule has 8 heteroatoms. The fourth-order valence-corrected chi connectivity index (χ4v) is 3.25. The number of alkyl halides is 3. The number of hydrogen-bond acceptors (Lipinski definition) is 4. The number of fused-ring (bicyclic) bond motifs is 1. The maximum absolute atomic E-state index is 12.9. The number of benzene rings is 1. The molecule has 1 aliphatic heterocycles. The molecule has 0 aliphatic carbocycles. The first-order valence-electron chi connectivity index (χ1n) is 6.87. The summed E-state index contributed by atoms with van der Waals surface area (Å²) in [7, 11) is 0. The monoisotopic (exact) mass is 342 g/mol. The van der Waals surface area contributed by atoms with Crippen molar-refractivity contribution in [2.45, 2.75) is 19.0 Å². The van der Waals surface area contributed by atoms with Gasteiger partial charge in [0.05, 0.1) is 5.69 Å². The molecule has 0 fully saturated rings. The van der Waals surface area contributed by atoms with Crippen LogP contribution in [0.2, 0.25) is 0 Å². The summed E-state index contributed by atoms with van der Waals surface area (Å²) >= 11 is 1.02. The number of para-hydroxylation sites is 1. The number of carbonyl (C=O) groups excluding carboxylic acids is 1. The summed E-state index contributed by atoms with van der Waals surface area (Å²) < 4.78 is 44.1. The van der Waals surface area contributed by atoms with Gasteiger partial charge in [-0.25, -0.2) is 4.98 Å². The van der Waals surface area contributed by atoms with Crippen LogP contribution >= 0.6 is 11.3 Å². The number of nitrogens with zero attached hydrogens (tertiary/aromatic N) is 2. The zero-order chi connectivity index (χ0) is 16.6. The van der Waals surface area contributed by atoms with Crippen LogP contribution in [0.15, 0.2) is 29.6 Å². The van der Waals surface area contributed by atoms with Crippen LogP contribution in [0.3, 0.4) is 0 Å². The predicted molar refractivity (Wildman–Crippen MR) is 79.9 cm³/mol. The Balaban J connectivity index is 1.92. The van der Waals surface area contributed by atoms with Crippen molar-refractivity contribution < 1.29 is 22.7 Å². The summed E-state index contributed by atoms with van der Waals surface area (Å²) in [6, 6.07) is 6.88. The maximum atomic E-state index is 12.9. The summed E-state index contributed by atoms with van der Waals surface area (Å²) in [4.78, 5) is 17.4. The van der Waals surface area contributed by atoms with E-state index in [1.807, 2.05) is 0 Å².